The molecule has 1 unspecified atom stereocenters. The lowest BCUT2D eigenvalue weighted by Gasteiger charge is -2.33. The van der Waals surface area contributed by atoms with Crippen LogP contribution in [0.4, 0.5) is 0 Å². The molecule has 4 rings (SSSR count). The lowest BCUT2D eigenvalue weighted by molar-refractivity contribution is -0.144. The average molecular weight is 516 g/mol. The Morgan fingerprint density at radius 1 is 1.11 bits per heavy atom. The fourth-order valence-electron chi connectivity index (χ4n) is 4.86. The van der Waals surface area contributed by atoms with Gasteiger partial charge >= 0.3 is 5.97 Å². The molecule has 0 radical (unpaired) electrons. The lowest BCUT2D eigenvalue weighted by Crippen LogP contribution is -2.41. The van der Waals surface area contributed by atoms with E-state index in [2.05, 4.69) is 17.0 Å². The quantitative estimate of drug-likeness (QED) is 0.379. The Morgan fingerprint density at radius 2 is 1.83 bits per heavy atom. The third-order valence-electron chi connectivity index (χ3n) is 7.62. The SMILES string of the molecule is CCOC(=O)CN(C)C1CCCc2cc(OCc3cccc(C4OC(C)(C)C(C)(C)O4)c3Cl)ccc21. The molecular formula is C29H38ClNO5. The summed E-state index contributed by atoms with van der Waals surface area (Å²) >= 11 is 6.79. The van der Waals surface area contributed by atoms with Crippen LogP contribution < -0.4 is 4.74 Å². The molecule has 1 aliphatic heterocycles. The smallest absolute Gasteiger partial charge is 0.320 e. The average Bonchev–Trinajstić information content (AvgIpc) is 3.04. The molecule has 6 nitrogen and oxygen atoms in total. The minimum Gasteiger partial charge on any atom is -0.489 e. The molecule has 2 aromatic rings. The number of aryl methyl sites for hydroxylation is 1. The first-order valence-electron chi connectivity index (χ1n) is 12.8. The predicted octanol–water partition coefficient (Wildman–Crippen LogP) is 6.39. The second-order valence-corrected chi connectivity index (χ2v) is 11.1. The van der Waals surface area contributed by atoms with Crippen LogP contribution in [0.1, 0.15) is 82.0 Å². The summed E-state index contributed by atoms with van der Waals surface area (Å²) in [6.07, 6.45) is 2.56. The minimum absolute atomic E-state index is 0.188. The van der Waals surface area contributed by atoms with Gasteiger partial charge in [-0.3, -0.25) is 9.69 Å². The highest BCUT2D eigenvalue weighted by Gasteiger charge is 2.50. The zero-order valence-corrected chi connectivity index (χ0v) is 23.0. The van der Waals surface area contributed by atoms with Crippen LogP contribution in [0.5, 0.6) is 5.75 Å². The molecular weight excluding hydrogens is 478 g/mol. The van der Waals surface area contributed by atoms with Crippen LogP contribution in [-0.4, -0.2) is 42.3 Å². The van der Waals surface area contributed by atoms with Gasteiger partial charge in [-0.2, -0.15) is 0 Å². The van der Waals surface area contributed by atoms with E-state index in [4.69, 9.17) is 30.5 Å². The third kappa shape index (κ3) is 5.57. The highest BCUT2D eigenvalue weighted by Crippen LogP contribution is 2.46. The van der Waals surface area contributed by atoms with E-state index in [1.54, 1.807) is 0 Å². The number of fused-ring (bicyclic) bond motifs is 1. The number of benzene rings is 2. The maximum absolute atomic E-state index is 12.0. The number of hydrogen-bond donors (Lipinski definition) is 0. The summed E-state index contributed by atoms with van der Waals surface area (Å²) in [7, 11) is 1.98. The van der Waals surface area contributed by atoms with Gasteiger partial charge in [-0.05, 0) is 84.2 Å². The molecule has 2 aromatic carbocycles. The fraction of sp³-hybridized carbons (Fsp3) is 0.552. The van der Waals surface area contributed by atoms with Crippen molar-refractivity contribution >= 4 is 17.6 Å². The van der Waals surface area contributed by atoms with E-state index < -0.39 is 17.5 Å². The van der Waals surface area contributed by atoms with Crippen LogP contribution in [0, 0.1) is 0 Å². The van der Waals surface area contributed by atoms with Crippen LogP contribution in [0.15, 0.2) is 36.4 Å². The molecule has 1 saturated heterocycles. The number of ether oxygens (including phenoxy) is 4. The molecule has 0 aromatic heterocycles. The molecule has 0 amide bonds. The van der Waals surface area contributed by atoms with E-state index >= 15 is 0 Å². The van der Waals surface area contributed by atoms with Gasteiger partial charge < -0.3 is 18.9 Å². The number of nitrogens with zero attached hydrogens (tertiary/aromatic N) is 1. The first-order chi connectivity index (χ1) is 17.0. The Morgan fingerprint density at radius 3 is 2.53 bits per heavy atom. The second-order valence-electron chi connectivity index (χ2n) is 10.7. The van der Waals surface area contributed by atoms with Crippen molar-refractivity contribution in [2.75, 3.05) is 20.2 Å². The van der Waals surface area contributed by atoms with Crippen LogP contribution in [-0.2, 0) is 32.0 Å². The number of likely N-dealkylation sites (N-methyl/N-ethyl adjacent to an activating group) is 1. The molecule has 36 heavy (non-hydrogen) atoms. The van der Waals surface area contributed by atoms with E-state index in [0.717, 1.165) is 36.1 Å². The van der Waals surface area contributed by atoms with E-state index in [-0.39, 0.29) is 18.6 Å². The largest absolute Gasteiger partial charge is 0.489 e. The zero-order valence-electron chi connectivity index (χ0n) is 22.2. The molecule has 0 saturated carbocycles. The Balaban J connectivity index is 1.45. The summed E-state index contributed by atoms with van der Waals surface area (Å²) in [6, 6.07) is 12.3. The van der Waals surface area contributed by atoms with Crippen molar-refractivity contribution in [1.82, 2.24) is 4.90 Å². The highest BCUT2D eigenvalue weighted by atomic mass is 35.5. The molecule has 2 aliphatic rings. The summed E-state index contributed by atoms with van der Waals surface area (Å²) in [6.45, 7) is 11.0. The molecule has 7 heteroatoms. The Bertz CT molecular complexity index is 1080. The second kappa shape index (κ2) is 10.7. The summed E-state index contributed by atoms with van der Waals surface area (Å²) in [4.78, 5) is 14.1. The maximum Gasteiger partial charge on any atom is 0.320 e. The van der Waals surface area contributed by atoms with Gasteiger partial charge in [0.2, 0.25) is 0 Å². The van der Waals surface area contributed by atoms with Crippen molar-refractivity contribution in [3.63, 3.8) is 0 Å². The van der Waals surface area contributed by atoms with Gasteiger partial charge in [0.25, 0.3) is 0 Å². The van der Waals surface area contributed by atoms with Gasteiger partial charge in [0.1, 0.15) is 12.4 Å². The van der Waals surface area contributed by atoms with E-state index in [0.29, 0.717) is 18.2 Å². The number of halogens is 1. The van der Waals surface area contributed by atoms with Gasteiger partial charge in [-0.15, -0.1) is 0 Å². The highest BCUT2D eigenvalue weighted by molar-refractivity contribution is 6.32. The van der Waals surface area contributed by atoms with Crippen LogP contribution in [0.25, 0.3) is 0 Å². The van der Waals surface area contributed by atoms with Crippen LogP contribution in [0.3, 0.4) is 0 Å². The van der Waals surface area contributed by atoms with Gasteiger partial charge in [-0.25, -0.2) is 0 Å². The summed E-state index contributed by atoms with van der Waals surface area (Å²) < 4.78 is 23.7. The predicted molar refractivity (Wildman–Crippen MR) is 140 cm³/mol. The van der Waals surface area contributed by atoms with E-state index in [1.807, 2.05) is 65.9 Å². The summed E-state index contributed by atoms with van der Waals surface area (Å²) in [5.74, 6) is 0.617. The number of esters is 1. The van der Waals surface area contributed by atoms with Gasteiger partial charge in [0.15, 0.2) is 6.29 Å². The standard InChI is InChI=1S/C29H38ClNO5/c1-7-33-25(32)17-31(6)24-13-9-10-19-16-21(14-15-22(19)24)34-18-20-11-8-12-23(26(20)30)27-35-28(2,3)29(4,5)36-27/h8,11-12,14-16,24,27H,7,9-10,13,17-18H2,1-6H3. The molecule has 0 N–H and O–H groups in total. The number of rotatable bonds is 8. The monoisotopic (exact) mass is 515 g/mol. The van der Waals surface area contributed by atoms with Crippen molar-refractivity contribution in [3.8, 4) is 5.75 Å². The number of carbonyl (C=O) groups is 1. The lowest BCUT2D eigenvalue weighted by atomic mass is 9.87. The molecule has 196 valence electrons. The third-order valence-corrected chi connectivity index (χ3v) is 8.08. The van der Waals surface area contributed by atoms with Crippen LogP contribution >= 0.6 is 11.6 Å². The fourth-order valence-corrected chi connectivity index (χ4v) is 5.13. The Kier molecular flexibility index (Phi) is 8.01. The van der Waals surface area contributed by atoms with Gasteiger partial charge in [-0.1, -0.05) is 35.9 Å². The maximum atomic E-state index is 12.0. The van der Waals surface area contributed by atoms with Crippen molar-refractivity contribution < 1.29 is 23.7 Å². The molecule has 1 atom stereocenters. The minimum atomic E-state index is -0.519. The Labute approximate surface area is 219 Å². The molecule has 1 heterocycles. The van der Waals surface area contributed by atoms with Crippen molar-refractivity contribution in [2.24, 2.45) is 0 Å². The molecule has 1 fully saturated rings. The summed E-state index contributed by atoms with van der Waals surface area (Å²) in [5.41, 5.74) is 3.35. The zero-order chi connectivity index (χ0) is 26.1. The topological polar surface area (TPSA) is 57.2 Å². The van der Waals surface area contributed by atoms with Crippen molar-refractivity contribution in [3.05, 3.63) is 63.7 Å². The number of carbonyl (C=O) groups excluding carboxylic acids is 1. The van der Waals surface area contributed by atoms with Crippen molar-refractivity contribution in [2.45, 2.75) is 84.0 Å². The molecule has 1 aliphatic carbocycles. The van der Waals surface area contributed by atoms with E-state index in [9.17, 15) is 4.79 Å². The molecule has 0 spiro atoms. The van der Waals surface area contributed by atoms with Gasteiger partial charge in [0.05, 0.1) is 29.4 Å². The normalized spacial score (nSPS) is 20.8. The number of hydrogen-bond acceptors (Lipinski definition) is 6. The first kappa shape index (κ1) is 26.9. The summed E-state index contributed by atoms with van der Waals surface area (Å²) in [5, 5.41) is 0.606. The van der Waals surface area contributed by atoms with E-state index in [1.165, 1.54) is 11.1 Å². The van der Waals surface area contributed by atoms with Crippen molar-refractivity contribution in [1.29, 1.82) is 0 Å². The van der Waals surface area contributed by atoms with Crippen LogP contribution in [0.2, 0.25) is 5.02 Å². The van der Waals surface area contributed by atoms with Gasteiger partial charge in [0, 0.05) is 17.2 Å². The molecule has 0 bridgehead atoms. The first-order valence-corrected chi connectivity index (χ1v) is 13.1. The Hall–Kier alpha value is -2.12.